The van der Waals surface area contributed by atoms with E-state index in [0.29, 0.717) is 0 Å². The van der Waals surface area contributed by atoms with Gasteiger partial charge in [-0.3, -0.25) is 0 Å². The SMILES string of the molecule is CCCCCc1ccc(-c2ccc(CC)cc2C2CCCCC2)cc1. The minimum Gasteiger partial charge on any atom is -0.0654 e. The van der Waals surface area contributed by atoms with E-state index in [4.69, 9.17) is 0 Å². The fourth-order valence-electron chi connectivity index (χ4n) is 4.28. The lowest BCUT2D eigenvalue weighted by atomic mass is 9.80. The Balaban J connectivity index is 1.85. The third kappa shape index (κ3) is 4.75. The minimum atomic E-state index is 0.763. The molecule has 134 valence electrons. The van der Waals surface area contributed by atoms with Gasteiger partial charge in [-0.1, -0.05) is 88.4 Å². The number of hydrogen-bond donors (Lipinski definition) is 0. The summed E-state index contributed by atoms with van der Waals surface area (Å²) in [7, 11) is 0. The highest BCUT2D eigenvalue weighted by Crippen LogP contribution is 2.38. The minimum absolute atomic E-state index is 0.763. The lowest BCUT2D eigenvalue weighted by Crippen LogP contribution is -2.06. The van der Waals surface area contributed by atoms with Gasteiger partial charge in [0.25, 0.3) is 0 Å². The van der Waals surface area contributed by atoms with Crippen molar-refractivity contribution < 1.29 is 0 Å². The molecule has 0 unspecified atom stereocenters. The number of aryl methyl sites for hydroxylation is 2. The van der Waals surface area contributed by atoms with Crippen LogP contribution in [0.3, 0.4) is 0 Å². The Labute approximate surface area is 154 Å². The standard InChI is InChI=1S/C25H34/c1-3-5-7-10-21-13-16-23(17-14-21)24-18-15-20(4-2)19-25(24)22-11-8-6-9-12-22/h13-19,22H,3-12H2,1-2H3. The van der Waals surface area contributed by atoms with Crippen molar-refractivity contribution in [2.75, 3.05) is 0 Å². The summed E-state index contributed by atoms with van der Waals surface area (Å²) in [6.45, 7) is 4.54. The molecule has 0 amide bonds. The van der Waals surface area contributed by atoms with Gasteiger partial charge >= 0.3 is 0 Å². The quantitative estimate of drug-likeness (QED) is 0.455. The summed E-state index contributed by atoms with van der Waals surface area (Å²) in [4.78, 5) is 0. The van der Waals surface area contributed by atoms with Crippen molar-refractivity contribution in [3.63, 3.8) is 0 Å². The van der Waals surface area contributed by atoms with Gasteiger partial charge in [0, 0.05) is 0 Å². The van der Waals surface area contributed by atoms with Gasteiger partial charge in [-0.2, -0.15) is 0 Å². The van der Waals surface area contributed by atoms with Crippen LogP contribution in [0.5, 0.6) is 0 Å². The van der Waals surface area contributed by atoms with Crippen LogP contribution in [0, 0.1) is 0 Å². The highest BCUT2D eigenvalue weighted by Gasteiger charge is 2.19. The van der Waals surface area contributed by atoms with Crippen LogP contribution in [0.2, 0.25) is 0 Å². The predicted octanol–water partition coefficient (Wildman–Crippen LogP) is 7.70. The third-order valence-electron chi connectivity index (χ3n) is 5.90. The first-order valence-corrected chi connectivity index (χ1v) is 10.5. The lowest BCUT2D eigenvalue weighted by molar-refractivity contribution is 0.444. The molecule has 0 spiro atoms. The van der Waals surface area contributed by atoms with E-state index >= 15 is 0 Å². The molecule has 0 aromatic heterocycles. The Hall–Kier alpha value is -1.56. The highest BCUT2D eigenvalue weighted by molar-refractivity contribution is 5.69. The van der Waals surface area contributed by atoms with E-state index in [1.807, 2.05) is 0 Å². The fraction of sp³-hybridized carbons (Fsp3) is 0.520. The predicted molar refractivity (Wildman–Crippen MR) is 110 cm³/mol. The molecule has 0 bridgehead atoms. The van der Waals surface area contributed by atoms with Crippen molar-refractivity contribution in [2.24, 2.45) is 0 Å². The first-order chi connectivity index (χ1) is 12.3. The number of benzene rings is 2. The van der Waals surface area contributed by atoms with Crippen molar-refractivity contribution in [3.05, 3.63) is 59.2 Å². The van der Waals surface area contributed by atoms with E-state index in [1.54, 1.807) is 5.56 Å². The molecule has 2 aromatic rings. The molecule has 0 radical (unpaired) electrons. The molecule has 1 saturated carbocycles. The molecule has 0 N–H and O–H groups in total. The maximum Gasteiger partial charge on any atom is -0.0149 e. The molecule has 2 aromatic carbocycles. The van der Waals surface area contributed by atoms with Gasteiger partial charge in [-0.25, -0.2) is 0 Å². The molecule has 0 aliphatic heterocycles. The Kier molecular flexibility index (Phi) is 6.73. The summed E-state index contributed by atoms with van der Waals surface area (Å²) in [6.07, 6.45) is 13.3. The average molecular weight is 335 g/mol. The molecular formula is C25H34. The van der Waals surface area contributed by atoms with Crippen LogP contribution in [0.1, 0.15) is 87.8 Å². The molecule has 3 rings (SSSR count). The summed E-state index contributed by atoms with van der Waals surface area (Å²) in [6, 6.07) is 16.6. The molecule has 1 aliphatic carbocycles. The lowest BCUT2D eigenvalue weighted by Gasteiger charge is -2.25. The van der Waals surface area contributed by atoms with E-state index < -0.39 is 0 Å². The summed E-state index contributed by atoms with van der Waals surface area (Å²) in [5, 5.41) is 0. The first-order valence-electron chi connectivity index (χ1n) is 10.5. The zero-order valence-corrected chi connectivity index (χ0v) is 16.2. The van der Waals surface area contributed by atoms with Crippen molar-refractivity contribution in [1.82, 2.24) is 0 Å². The van der Waals surface area contributed by atoms with Crippen LogP contribution >= 0.6 is 0 Å². The topological polar surface area (TPSA) is 0 Å². The van der Waals surface area contributed by atoms with Gasteiger partial charge in [-0.15, -0.1) is 0 Å². The zero-order chi connectivity index (χ0) is 17.5. The van der Waals surface area contributed by atoms with Gasteiger partial charge in [0.15, 0.2) is 0 Å². The monoisotopic (exact) mass is 334 g/mol. The second-order valence-corrected chi connectivity index (χ2v) is 7.76. The van der Waals surface area contributed by atoms with Gasteiger partial charge in [-0.05, 0) is 65.8 Å². The Morgan fingerprint density at radius 2 is 1.52 bits per heavy atom. The van der Waals surface area contributed by atoms with Crippen molar-refractivity contribution in [2.45, 2.75) is 84.0 Å². The number of unbranched alkanes of at least 4 members (excludes halogenated alkanes) is 2. The van der Waals surface area contributed by atoms with Gasteiger partial charge in [0.2, 0.25) is 0 Å². The van der Waals surface area contributed by atoms with Crippen LogP contribution in [-0.2, 0) is 12.8 Å². The zero-order valence-electron chi connectivity index (χ0n) is 16.2. The Bertz CT molecular complexity index is 644. The van der Waals surface area contributed by atoms with E-state index in [-0.39, 0.29) is 0 Å². The van der Waals surface area contributed by atoms with Crippen LogP contribution < -0.4 is 0 Å². The molecule has 0 nitrogen and oxygen atoms in total. The third-order valence-corrected chi connectivity index (χ3v) is 5.90. The van der Waals surface area contributed by atoms with Crippen molar-refractivity contribution >= 4 is 0 Å². The summed E-state index contributed by atoms with van der Waals surface area (Å²) in [5.41, 5.74) is 7.46. The van der Waals surface area contributed by atoms with E-state index in [2.05, 4.69) is 56.3 Å². The summed E-state index contributed by atoms with van der Waals surface area (Å²) >= 11 is 0. The van der Waals surface area contributed by atoms with Crippen LogP contribution in [-0.4, -0.2) is 0 Å². The van der Waals surface area contributed by atoms with Gasteiger partial charge in [0.05, 0.1) is 0 Å². The number of rotatable bonds is 7. The maximum atomic E-state index is 2.50. The fourth-order valence-corrected chi connectivity index (χ4v) is 4.28. The van der Waals surface area contributed by atoms with Crippen LogP contribution in [0.25, 0.3) is 11.1 Å². The molecule has 1 fully saturated rings. The van der Waals surface area contributed by atoms with E-state index in [0.717, 1.165) is 12.3 Å². The van der Waals surface area contributed by atoms with Gasteiger partial charge in [0.1, 0.15) is 0 Å². The van der Waals surface area contributed by atoms with Gasteiger partial charge < -0.3 is 0 Å². The summed E-state index contributed by atoms with van der Waals surface area (Å²) < 4.78 is 0. The molecule has 0 saturated heterocycles. The maximum absolute atomic E-state index is 2.50. The molecule has 1 aliphatic rings. The molecular weight excluding hydrogens is 300 g/mol. The largest absolute Gasteiger partial charge is 0.0654 e. The normalized spacial score (nSPS) is 15.4. The highest BCUT2D eigenvalue weighted by atomic mass is 14.2. The molecule has 0 heteroatoms. The Morgan fingerprint density at radius 1 is 0.800 bits per heavy atom. The van der Waals surface area contributed by atoms with Crippen molar-refractivity contribution in [3.8, 4) is 11.1 Å². The average Bonchev–Trinajstić information content (AvgIpc) is 2.69. The Morgan fingerprint density at radius 3 is 2.20 bits per heavy atom. The van der Waals surface area contributed by atoms with Crippen LogP contribution in [0.15, 0.2) is 42.5 Å². The molecule has 25 heavy (non-hydrogen) atoms. The molecule has 0 heterocycles. The second kappa shape index (κ2) is 9.22. The molecule has 0 atom stereocenters. The van der Waals surface area contributed by atoms with Crippen LogP contribution in [0.4, 0.5) is 0 Å². The first kappa shape index (κ1) is 18.2. The smallest absolute Gasteiger partial charge is 0.0149 e. The number of hydrogen-bond acceptors (Lipinski definition) is 0. The van der Waals surface area contributed by atoms with E-state index in [1.165, 1.54) is 80.0 Å². The second-order valence-electron chi connectivity index (χ2n) is 7.76. The summed E-state index contributed by atoms with van der Waals surface area (Å²) in [5.74, 6) is 0.763. The van der Waals surface area contributed by atoms with Crippen molar-refractivity contribution in [1.29, 1.82) is 0 Å². The van der Waals surface area contributed by atoms with E-state index in [9.17, 15) is 0 Å².